The molecule has 0 aliphatic carbocycles. The molecule has 0 aliphatic heterocycles. The van der Waals surface area contributed by atoms with Crippen LogP contribution in [0.3, 0.4) is 0 Å². The number of amides is 1. The Balaban J connectivity index is 1.79. The van der Waals surface area contributed by atoms with Crippen molar-refractivity contribution in [3.8, 4) is 0 Å². The Labute approximate surface area is 182 Å². The summed E-state index contributed by atoms with van der Waals surface area (Å²) in [7, 11) is 0. The van der Waals surface area contributed by atoms with Gasteiger partial charge in [0.25, 0.3) is 5.91 Å². The van der Waals surface area contributed by atoms with Gasteiger partial charge in [0.1, 0.15) is 5.56 Å². The third-order valence-electron chi connectivity index (χ3n) is 5.53. The second-order valence-electron chi connectivity index (χ2n) is 7.81. The lowest BCUT2D eigenvalue weighted by Gasteiger charge is -2.24. The third kappa shape index (κ3) is 4.43. The topological polar surface area (TPSA) is 42.3 Å². The van der Waals surface area contributed by atoms with Crippen molar-refractivity contribution >= 4 is 16.8 Å². The van der Waals surface area contributed by atoms with Crippen LogP contribution in [-0.2, 0) is 19.6 Å². The van der Waals surface area contributed by atoms with E-state index >= 15 is 0 Å². The Morgan fingerprint density at radius 2 is 1.45 bits per heavy atom. The highest BCUT2D eigenvalue weighted by atomic mass is 16.2. The maximum Gasteiger partial charge on any atom is 0.259 e. The number of benzene rings is 3. The maximum atomic E-state index is 13.7. The summed E-state index contributed by atoms with van der Waals surface area (Å²) in [4.78, 5) is 28.8. The van der Waals surface area contributed by atoms with Gasteiger partial charge in [0, 0.05) is 31.2 Å². The first kappa shape index (κ1) is 20.6. The third-order valence-corrected chi connectivity index (χ3v) is 5.53. The molecule has 0 radical (unpaired) electrons. The molecule has 1 amide bonds. The molecule has 156 valence electrons. The Hall–Kier alpha value is -3.66. The van der Waals surface area contributed by atoms with E-state index in [1.807, 2.05) is 97.3 Å². The van der Waals surface area contributed by atoms with Crippen LogP contribution in [0, 0.1) is 6.92 Å². The highest BCUT2D eigenvalue weighted by Gasteiger charge is 2.22. The van der Waals surface area contributed by atoms with Crippen molar-refractivity contribution in [2.45, 2.75) is 33.5 Å². The molecule has 1 aromatic heterocycles. The van der Waals surface area contributed by atoms with E-state index in [9.17, 15) is 9.59 Å². The van der Waals surface area contributed by atoms with Crippen LogP contribution >= 0.6 is 0 Å². The van der Waals surface area contributed by atoms with E-state index in [1.165, 1.54) is 0 Å². The van der Waals surface area contributed by atoms with Gasteiger partial charge >= 0.3 is 0 Å². The standard InChI is InChI=1S/C27H26N2O2/c1-3-28-19-24(26(30)23-16-20(2)14-15-25(23)28)27(31)29(17-21-10-6-4-7-11-21)18-22-12-8-5-9-13-22/h4-16,19H,3,17-18H2,1-2H3. The van der Waals surface area contributed by atoms with Crippen molar-refractivity contribution in [3.63, 3.8) is 0 Å². The largest absolute Gasteiger partial charge is 0.347 e. The summed E-state index contributed by atoms with van der Waals surface area (Å²) < 4.78 is 1.98. The lowest BCUT2D eigenvalue weighted by atomic mass is 10.1. The van der Waals surface area contributed by atoms with Gasteiger partial charge in [-0.2, -0.15) is 0 Å². The molecule has 0 saturated heterocycles. The number of hydrogen-bond acceptors (Lipinski definition) is 2. The summed E-state index contributed by atoms with van der Waals surface area (Å²) in [5, 5.41) is 0.590. The number of rotatable bonds is 6. The molecular formula is C27H26N2O2. The molecule has 4 aromatic rings. The van der Waals surface area contributed by atoms with Crippen LogP contribution < -0.4 is 5.43 Å². The first-order valence-electron chi connectivity index (χ1n) is 10.6. The SMILES string of the molecule is CCn1cc(C(=O)N(Cc2ccccc2)Cc2ccccc2)c(=O)c2cc(C)ccc21. The number of carbonyl (C=O) groups is 1. The zero-order valence-electron chi connectivity index (χ0n) is 17.9. The van der Waals surface area contributed by atoms with E-state index in [-0.39, 0.29) is 16.9 Å². The van der Waals surface area contributed by atoms with Crippen molar-refractivity contribution in [1.29, 1.82) is 0 Å². The molecule has 0 fully saturated rings. The van der Waals surface area contributed by atoms with E-state index in [0.717, 1.165) is 22.2 Å². The molecule has 0 atom stereocenters. The van der Waals surface area contributed by atoms with Crippen LogP contribution in [0.2, 0.25) is 0 Å². The molecule has 0 aliphatic rings. The molecule has 0 unspecified atom stereocenters. The fourth-order valence-electron chi connectivity index (χ4n) is 3.90. The van der Waals surface area contributed by atoms with Crippen molar-refractivity contribution in [2.75, 3.05) is 0 Å². The van der Waals surface area contributed by atoms with Crippen molar-refractivity contribution in [2.24, 2.45) is 0 Å². The van der Waals surface area contributed by atoms with Gasteiger partial charge in [0.2, 0.25) is 5.43 Å². The number of hydrogen-bond donors (Lipinski definition) is 0. The van der Waals surface area contributed by atoms with Gasteiger partial charge in [-0.15, -0.1) is 0 Å². The number of aromatic nitrogens is 1. The van der Waals surface area contributed by atoms with E-state index in [2.05, 4.69) is 0 Å². The molecule has 1 heterocycles. The second-order valence-corrected chi connectivity index (χ2v) is 7.81. The quantitative estimate of drug-likeness (QED) is 0.440. The molecule has 0 saturated carbocycles. The van der Waals surface area contributed by atoms with Crippen LogP contribution in [0.15, 0.2) is 89.9 Å². The molecular weight excluding hydrogens is 384 g/mol. The summed E-state index contributed by atoms with van der Waals surface area (Å²) in [6.07, 6.45) is 1.71. The zero-order valence-corrected chi connectivity index (χ0v) is 17.9. The van der Waals surface area contributed by atoms with Gasteiger partial charge in [0.05, 0.1) is 5.52 Å². The summed E-state index contributed by atoms with van der Waals surface area (Å²) in [6, 6.07) is 25.6. The van der Waals surface area contributed by atoms with Gasteiger partial charge < -0.3 is 9.47 Å². The average Bonchev–Trinajstić information content (AvgIpc) is 2.80. The Morgan fingerprint density at radius 1 is 0.871 bits per heavy atom. The fraction of sp³-hybridized carbons (Fsp3) is 0.185. The van der Waals surface area contributed by atoms with Crippen LogP contribution in [0.1, 0.15) is 34.0 Å². The smallest absolute Gasteiger partial charge is 0.259 e. The molecule has 0 bridgehead atoms. The van der Waals surface area contributed by atoms with Crippen molar-refractivity contribution in [1.82, 2.24) is 9.47 Å². The number of pyridine rings is 1. The van der Waals surface area contributed by atoms with E-state index in [1.54, 1.807) is 11.1 Å². The second kappa shape index (κ2) is 9.00. The van der Waals surface area contributed by atoms with Crippen molar-refractivity contribution in [3.05, 3.63) is 118 Å². The molecule has 3 aromatic carbocycles. The molecule has 4 nitrogen and oxygen atoms in total. The van der Waals surface area contributed by atoms with E-state index in [4.69, 9.17) is 0 Å². The first-order chi connectivity index (χ1) is 15.1. The van der Waals surface area contributed by atoms with Crippen LogP contribution in [0.25, 0.3) is 10.9 Å². The highest BCUT2D eigenvalue weighted by Crippen LogP contribution is 2.17. The minimum absolute atomic E-state index is 0.209. The minimum atomic E-state index is -0.247. The summed E-state index contributed by atoms with van der Waals surface area (Å²) in [5.74, 6) is -0.247. The monoisotopic (exact) mass is 410 g/mol. The number of fused-ring (bicyclic) bond motifs is 1. The van der Waals surface area contributed by atoms with Crippen LogP contribution in [0.4, 0.5) is 0 Å². The predicted molar refractivity (Wildman–Crippen MR) is 125 cm³/mol. The van der Waals surface area contributed by atoms with Gasteiger partial charge in [-0.25, -0.2) is 0 Å². The summed E-state index contributed by atoms with van der Waals surface area (Å²) >= 11 is 0. The van der Waals surface area contributed by atoms with Gasteiger partial charge in [0.15, 0.2) is 0 Å². The lowest BCUT2D eigenvalue weighted by Crippen LogP contribution is -2.34. The number of aryl methyl sites for hydroxylation is 2. The summed E-state index contributed by atoms with van der Waals surface area (Å²) in [6.45, 7) is 5.53. The predicted octanol–water partition coefficient (Wildman–Crippen LogP) is 5.17. The van der Waals surface area contributed by atoms with Gasteiger partial charge in [-0.3, -0.25) is 9.59 Å². The molecule has 4 rings (SSSR count). The fourth-order valence-corrected chi connectivity index (χ4v) is 3.90. The molecule has 0 spiro atoms. The van der Waals surface area contributed by atoms with E-state index in [0.29, 0.717) is 25.0 Å². The van der Waals surface area contributed by atoms with E-state index < -0.39 is 0 Å². The lowest BCUT2D eigenvalue weighted by molar-refractivity contribution is 0.0728. The van der Waals surface area contributed by atoms with Crippen molar-refractivity contribution < 1.29 is 4.79 Å². The Morgan fingerprint density at radius 3 is 2.00 bits per heavy atom. The first-order valence-corrected chi connectivity index (χ1v) is 10.6. The zero-order chi connectivity index (χ0) is 21.8. The molecule has 0 N–H and O–H groups in total. The summed E-state index contributed by atoms with van der Waals surface area (Å²) in [5.41, 5.74) is 3.92. The molecule has 4 heteroatoms. The maximum absolute atomic E-state index is 13.7. The minimum Gasteiger partial charge on any atom is -0.347 e. The van der Waals surface area contributed by atoms with Crippen LogP contribution in [-0.4, -0.2) is 15.4 Å². The number of carbonyl (C=O) groups excluding carboxylic acids is 1. The highest BCUT2D eigenvalue weighted by molar-refractivity contribution is 5.97. The molecule has 31 heavy (non-hydrogen) atoms. The van der Waals surface area contributed by atoms with Crippen LogP contribution in [0.5, 0.6) is 0 Å². The number of nitrogens with zero attached hydrogens (tertiary/aromatic N) is 2. The van der Waals surface area contributed by atoms with Gasteiger partial charge in [-0.1, -0.05) is 72.3 Å². The normalized spacial score (nSPS) is 10.9. The Bertz CT molecular complexity index is 1220. The van der Waals surface area contributed by atoms with Gasteiger partial charge in [-0.05, 0) is 37.1 Å². The average molecular weight is 411 g/mol. The Kier molecular flexibility index (Phi) is 5.99.